The fourth-order valence-corrected chi connectivity index (χ4v) is 3.79. The number of nitrogens with zero attached hydrogens (tertiary/aromatic N) is 2. The van der Waals surface area contributed by atoms with Gasteiger partial charge >= 0.3 is 0 Å². The second kappa shape index (κ2) is 8.75. The van der Waals surface area contributed by atoms with Gasteiger partial charge in [0.25, 0.3) is 0 Å². The molecule has 0 aliphatic rings. The van der Waals surface area contributed by atoms with Crippen LogP contribution in [0.5, 0.6) is 0 Å². The van der Waals surface area contributed by atoms with Gasteiger partial charge in [-0.25, -0.2) is 0 Å². The standard InChI is InChI=1S/C15H20N4OS2/c1-3-16-14-18-19-15(22-14)21-11(2)13(20)17-10-9-12-7-5-4-6-8-12/h4-8,11H,3,9-10H2,1-2H3,(H,16,18)(H,17,20)/t11-/m0/s1. The van der Waals surface area contributed by atoms with Crippen molar-refractivity contribution < 1.29 is 4.79 Å². The number of anilines is 1. The number of hydrogen-bond acceptors (Lipinski definition) is 6. The van der Waals surface area contributed by atoms with Crippen molar-refractivity contribution >= 4 is 34.1 Å². The third-order valence-electron chi connectivity index (χ3n) is 2.94. The molecular formula is C15H20N4OS2. The number of nitrogens with one attached hydrogen (secondary N) is 2. The van der Waals surface area contributed by atoms with Crippen LogP contribution in [0.1, 0.15) is 19.4 Å². The highest BCUT2D eigenvalue weighted by Crippen LogP contribution is 2.28. The maximum absolute atomic E-state index is 12.1. The third-order valence-corrected chi connectivity index (χ3v) is 5.00. The van der Waals surface area contributed by atoms with Crippen molar-refractivity contribution in [2.45, 2.75) is 29.9 Å². The van der Waals surface area contributed by atoms with Gasteiger partial charge in [-0.15, -0.1) is 10.2 Å². The van der Waals surface area contributed by atoms with E-state index in [4.69, 9.17) is 0 Å². The molecule has 7 heteroatoms. The van der Waals surface area contributed by atoms with E-state index in [9.17, 15) is 4.79 Å². The van der Waals surface area contributed by atoms with E-state index in [1.54, 1.807) is 0 Å². The van der Waals surface area contributed by atoms with Crippen LogP contribution in [0.25, 0.3) is 0 Å². The fraction of sp³-hybridized carbons (Fsp3) is 0.400. The monoisotopic (exact) mass is 336 g/mol. The van der Waals surface area contributed by atoms with Crippen LogP contribution in [0.15, 0.2) is 34.7 Å². The molecule has 0 fully saturated rings. The smallest absolute Gasteiger partial charge is 0.233 e. The van der Waals surface area contributed by atoms with Crippen molar-refractivity contribution in [2.75, 3.05) is 18.4 Å². The molecule has 1 aromatic heterocycles. The summed E-state index contributed by atoms with van der Waals surface area (Å²) in [5.74, 6) is 0.0288. The summed E-state index contributed by atoms with van der Waals surface area (Å²) in [6.45, 7) is 5.36. The first-order chi connectivity index (χ1) is 10.7. The molecule has 0 saturated carbocycles. The highest BCUT2D eigenvalue weighted by molar-refractivity contribution is 8.02. The first-order valence-electron chi connectivity index (χ1n) is 7.24. The van der Waals surface area contributed by atoms with Crippen LogP contribution in [0.2, 0.25) is 0 Å². The molecule has 118 valence electrons. The maximum Gasteiger partial charge on any atom is 0.233 e. The van der Waals surface area contributed by atoms with Gasteiger partial charge in [0.05, 0.1) is 5.25 Å². The summed E-state index contributed by atoms with van der Waals surface area (Å²) in [4.78, 5) is 12.1. The molecule has 0 spiro atoms. The van der Waals surface area contributed by atoms with Gasteiger partial charge in [-0.3, -0.25) is 4.79 Å². The second-order valence-corrected chi connectivity index (χ2v) is 7.26. The van der Waals surface area contributed by atoms with Gasteiger partial charge in [-0.05, 0) is 25.8 Å². The van der Waals surface area contributed by atoms with Crippen molar-refractivity contribution in [1.82, 2.24) is 15.5 Å². The molecule has 0 bridgehead atoms. The lowest BCUT2D eigenvalue weighted by Gasteiger charge is -2.10. The number of thioether (sulfide) groups is 1. The van der Waals surface area contributed by atoms with E-state index in [-0.39, 0.29) is 11.2 Å². The molecule has 2 rings (SSSR count). The number of aromatic nitrogens is 2. The van der Waals surface area contributed by atoms with Crippen LogP contribution in [0.3, 0.4) is 0 Å². The molecule has 1 amide bonds. The summed E-state index contributed by atoms with van der Waals surface area (Å²) in [6, 6.07) is 10.1. The average molecular weight is 336 g/mol. The Kier molecular flexibility index (Phi) is 6.67. The summed E-state index contributed by atoms with van der Waals surface area (Å²) < 4.78 is 0.807. The molecule has 22 heavy (non-hydrogen) atoms. The normalized spacial score (nSPS) is 11.9. The highest BCUT2D eigenvalue weighted by atomic mass is 32.2. The predicted molar refractivity (Wildman–Crippen MR) is 92.5 cm³/mol. The number of hydrogen-bond donors (Lipinski definition) is 2. The molecule has 0 aliphatic heterocycles. The van der Waals surface area contributed by atoms with Crippen LogP contribution < -0.4 is 10.6 Å². The van der Waals surface area contributed by atoms with E-state index in [0.29, 0.717) is 6.54 Å². The Morgan fingerprint density at radius 1 is 1.32 bits per heavy atom. The van der Waals surface area contributed by atoms with E-state index >= 15 is 0 Å². The fourth-order valence-electron chi connectivity index (χ4n) is 1.80. The zero-order valence-corrected chi connectivity index (χ0v) is 14.3. The van der Waals surface area contributed by atoms with Gasteiger partial charge in [0.15, 0.2) is 4.34 Å². The molecule has 0 saturated heterocycles. The topological polar surface area (TPSA) is 66.9 Å². The minimum atomic E-state index is -0.182. The molecule has 5 nitrogen and oxygen atoms in total. The second-order valence-electron chi connectivity index (χ2n) is 4.69. The number of benzene rings is 1. The molecule has 2 N–H and O–H groups in total. The first kappa shape index (κ1) is 16.8. The van der Waals surface area contributed by atoms with E-state index < -0.39 is 0 Å². The van der Waals surface area contributed by atoms with Crippen molar-refractivity contribution in [3.63, 3.8) is 0 Å². The van der Waals surface area contributed by atoms with Gasteiger partial charge in [0.2, 0.25) is 11.0 Å². The number of rotatable bonds is 8. The minimum absolute atomic E-state index is 0.0288. The molecule has 2 aromatic rings. The Balaban J connectivity index is 1.74. The Bertz CT molecular complexity index is 588. The number of amides is 1. The lowest BCUT2D eigenvalue weighted by Crippen LogP contribution is -2.32. The summed E-state index contributed by atoms with van der Waals surface area (Å²) >= 11 is 2.91. The van der Waals surface area contributed by atoms with Crippen LogP contribution in [-0.2, 0) is 11.2 Å². The molecule has 1 heterocycles. The van der Waals surface area contributed by atoms with E-state index in [2.05, 4.69) is 33.0 Å². The third kappa shape index (κ3) is 5.31. The SMILES string of the molecule is CCNc1nnc(S[C@@H](C)C(=O)NCCc2ccccc2)s1. The Morgan fingerprint density at radius 2 is 2.09 bits per heavy atom. The molecule has 0 radical (unpaired) electrons. The van der Waals surface area contributed by atoms with E-state index in [1.165, 1.54) is 28.7 Å². The number of carbonyl (C=O) groups excluding carboxylic acids is 1. The lowest BCUT2D eigenvalue weighted by atomic mass is 10.1. The van der Waals surface area contributed by atoms with Crippen LogP contribution in [-0.4, -0.2) is 34.4 Å². The zero-order chi connectivity index (χ0) is 15.8. The molecule has 1 atom stereocenters. The van der Waals surface area contributed by atoms with Crippen LogP contribution in [0.4, 0.5) is 5.13 Å². The first-order valence-corrected chi connectivity index (χ1v) is 8.94. The van der Waals surface area contributed by atoms with Crippen molar-refractivity contribution in [2.24, 2.45) is 0 Å². The van der Waals surface area contributed by atoms with Crippen LogP contribution >= 0.6 is 23.1 Å². The largest absolute Gasteiger partial charge is 0.360 e. The van der Waals surface area contributed by atoms with Crippen molar-refractivity contribution in [3.05, 3.63) is 35.9 Å². The molecule has 1 aromatic carbocycles. The van der Waals surface area contributed by atoms with Crippen molar-refractivity contribution in [3.8, 4) is 0 Å². The van der Waals surface area contributed by atoms with Crippen molar-refractivity contribution in [1.29, 1.82) is 0 Å². The van der Waals surface area contributed by atoms with Gasteiger partial charge in [-0.1, -0.05) is 53.4 Å². The summed E-state index contributed by atoms with van der Waals surface area (Å²) in [6.07, 6.45) is 0.841. The predicted octanol–water partition coefficient (Wildman–Crippen LogP) is 2.81. The van der Waals surface area contributed by atoms with E-state index in [0.717, 1.165) is 22.4 Å². The highest BCUT2D eigenvalue weighted by Gasteiger charge is 2.16. The summed E-state index contributed by atoms with van der Waals surface area (Å²) in [5.41, 5.74) is 1.22. The summed E-state index contributed by atoms with van der Waals surface area (Å²) in [7, 11) is 0. The maximum atomic E-state index is 12.1. The van der Waals surface area contributed by atoms with Gasteiger partial charge < -0.3 is 10.6 Å². The average Bonchev–Trinajstić information content (AvgIpc) is 2.96. The van der Waals surface area contributed by atoms with E-state index in [1.807, 2.05) is 32.0 Å². The van der Waals surface area contributed by atoms with Gasteiger partial charge in [0, 0.05) is 13.1 Å². The quantitative estimate of drug-likeness (QED) is 0.726. The zero-order valence-electron chi connectivity index (χ0n) is 12.7. The lowest BCUT2D eigenvalue weighted by molar-refractivity contribution is -0.120. The summed E-state index contributed by atoms with van der Waals surface area (Å²) in [5, 5.41) is 14.8. The molecular weight excluding hydrogens is 316 g/mol. The Morgan fingerprint density at radius 3 is 2.82 bits per heavy atom. The van der Waals surface area contributed by atoms with Gasteiger partial charge in [-0.2, -0.15) is 0 Å². The Hall–Kier alpha value is -1.60. The van der Waals surface area contributed by atoms with Gasteiger partial charge in [0.1, 0.15) is 0 Å². The molecule has 0 unspecified atom stereocenters. The minimum Gasteiger partial charge on any atom is -0.360 e. The number of carbonyl (C=O) groups is 1. The molecule has 0 aliphatic carbocycles. The van der Waals surface area contributed by atoms with Crippen LogP contribution in [0, 0.1) is 0 Å². The Labute approximate surface area is 138 Å².